The molecule has 0 spiro atoms. The summed E-state index contributed by atoms with van der Waals surface area (Å²) >= 11 is 0. The molecule has 132 valence electrons. The largest absolute Gasteiger partial charge is 0.478 e. The smallest absolute Gasteiger partial charge is 0.336 e. The highest BCUT2D eigenvalue weighted by Crippen LogP contribution is 2.46. The zero-order valence-electron chi connectivity index (χ0n) is 14.5. The molecule has 0 amide bonds. The van der Waals surface area contributed by atoms with Crippen molar-refractivity contribution < 1.29 is 19.8 Å². The Hall–Kier alpha value is -3.92. The van der Waals surface area contributed by atoms with E-state index in [1.807, 2.05) is 48.5 Å². The van der Waals surface area contributed by atoms with Crippen LogP contribution in [0.3, 0.4) is 0 Å². The van der Waals surface area contributed by atoms with Gasteiger partial charge in [-0.25, -0.2) is 9.59 Å². The zero-order chi connectivity index (χ0) is 19.2. The first kappa shape index (κ1) is 15.2. The average Bonchev–Trinajstić information content (AvgIpc) is 2.69. The van der Waals surface area contributed by atoms with Crippen LogP contribution >= 0.6 is 0 Å². The van der Waals surface area contributed by atoms with Gasteiger partial charge in [0.25, 0.3) is 0 Å². The fraction of sp³-hybridized carbons (Fsp3) is 0. The summed E-state index contributed by atoms with van der Waals surface area (Å²) in [5.74, 6) is -1.96. The molecule has 0 saturated heterocycles. The molecule has 0 aromatic heterocycles. The molecule has 0 saturated carbocycles. The van der Waals surface area contributed by atoms with E-state index in [-0.39, 0.29) is 11.1 Å². The molecule has 6 aromatic rings. The van der Waals surface area contributed by atoms with Crippen molar-refractivity contribution in [2.75, 3.05) is 0 Å². The van der Waals surface area contributed by atoms with Gasteiger partial charge in [0.2, 0.25) is 0 Å². The van der Waals surface area contributed by atoms with Gasteiger partial charge < -0.3 is 10.2 Å². The van der Waals surface area contributed by atoms with Crippen LogP contribution < -0.4 is 0 Å². The van der Waals surface area contributed by atoms with Crippen LogP contribution in [0.25, 0.3) is 53.9 Å². The molecule has 2 N–H and O–H groups in total. The van der Waals surface area contributed by atoms with Crippen LogP contribution in [0.1, 0.15) is 20.7 Å². The van der Waals surface area contributed by atoms with E-state index in [2.05, 4.69) is 0 Å². The summed E-state index contributed by atoms with van der Waals surface area (Å²) in [5.41, 5.74) is 0.529. The van der Waals surface area contributed by atoms with Crippen molar-refractivity contribution in [2.24, 2.45) is 0 Å². The van der Waals surface area contributed by atoms with Gasteiger partial charge in [0.1, 0.15) is 0 Å². The van der Waals surface area contributed by atoms with E-state index in [0.717, 1.165) is 32.3 Å². The Labute approximate surface area is 157 Å². The lowest BCUT2D eigenvalue weighted by molar-refractivity contribution is 0.0690. The number of rotatable bonds is 2. The zero-order valence-corrected chi connectivity index (χ0v) is 14.5. The fourth-order valence-corrected chi connectivity index (χ4v) is 4.86. The van der Waals surface area contributed by atoms with E-state index >= 15 is 0 Å². The molecule has 0 heterocycles. The van der Waals surface area contributed by atoms with Crippen molar-refractivity contribution in [3.05, 3.63) is 71.8 Å². The fourth-order valence-electron chi connectivity index (χ4n) is 4.86. The Bertz CT molecular complexity index is 1490. The highest BCUT2D eigenvalue weighted by Gasteiger charge is 2.25. The highest BCUT2D eigenvalue weighted by atomic mass is 16.4. The topological polar surface area (TPSA) is 74.6 Å². The van der Waals surface area contributed by atoms with Crippen molar-refractivity contribution in [3.63, 3.8) is 0 Å². The van der Waals surface area contributed by atoms with Crippen LogP contribution in [0.2, 0.25) is 0 Å². The molecule has 0 atom stereocenters. The number of aromatic carboxylic acids is 2. The molecule has 6 rings (SSSR count). The maximum Gasteiger partial charge on any atom is 0.336 e. The number of benzene rings is 6. The van der Waals surface area contributed by atoms with Gasteiger partial charge in [-0.2, -0.15) is 0 Å². The summed E-state index contributed by atoms with van der Waals surface area (Å²) in [6, 6.07) is 18.6. The first-order valence-electron chi connectivity index (χ1n) is 8.91. The Balaban J connectivity index is 2.14. The molecule has 4 heteroatoms. The molecule has 0 radical (unpaired) electrons. The molecule has 28 heavy (non-hydrogen) atoms. The molecule has 4 nitrogen and oxygen atoms in total. The van der Waals surface area contributed by atoms with Gasteiger partial charge in [-0.05, 0) is 53.9 Å². The monoisotopic (exact) mass is 364 g/mol. The lowest BCUT2D eigenvalue weighted by Gasteiger charge is -2.20. The van der Waals surface area contributed by atoms with Gasteiger partial charge in [0.15, 0.2) is 0 Å². The highest BCUT2D eigenvalue weighted by molar-refractivity contribution is 6.42. The Morgan fingerprint density at radius 2 is 0.893 bits per heavy atom. The van der Waals surface area contributed by atoms with Crippen LogP contribution in [-0.2, 0) is 0 Å². The van der Waals surface area contributed by atoms with Gasteiger partial charge >= 0.3 is 11.9 Å². The molecular formula is C24H12O4. The Kier molecular flexibility index (Phi) is 2.64. The van der Waals surface area contributed by atoms with Crippen molar-refractivity contribution in [3.8, 4) is 0 Å². The van der Waals surface area contributed by atoms with Crippen LogP contribution in [0.4, 0.5) is 0 Å². The van der Waals surface area contributed by atoms with Crippen LogP contribution in [0.5, 0.6) is 0 Å². The third-order valence-corrected chi connectivity index (χ3v) is 5.85. The lowest BCUT2D eigenvalue weighted by atomic mass is 9.82. The molecule has 6 aromatic carbocycles. The van der Waals surface area contributed by atoms with Crippen LogP contribution in [0.15, 0.2) is 60.7 Å². The number of carboxylic acids is 2. The molecule has 0 aliphatic carbocycles. The summed E-state index contributed by atoms with van der Waals surface area (Å²) in [6.07, 6.45) is 0. The van der Waals surface area contributed by atoms with Crippen LogP contribution in [-0.4, -0.2) is 22.2 Å². The van der Waals surface area contributed by atoms with Gasteiger partial charge in [0.05, 0.1) is 11.1 Å². The molecule has 0 bridgehead atoms. The predicted molar refractivity (Wildman–Crippen MR) is 110 cm³/mol. The number of hydrogen-bond acceptors (Lipinski definition) is 2. The van der Waals surface area contributed by atoms with Crippen molar-refractivity contribution >= 4 is 65.8 Å². The average molecular weight is 364 g/mol. The lowest BCUT2D eigenvalue weighted by Crippen LogP contribution is -2.05. The maximum atomic E-state index is 12.2. The standard InChI is InChI=1S/C24H12O4/c25-23(26)19-13-5-1-3-11-7-9-16-20(24(27)28)14-6-2-4-12-8-10-15(19)22(18(12)14)21(16)17(11)13/h1-10H,(H,25,26)(H,27,28). The quantitative estimate of drug-likeness (QED) is 0.304. The predicted octanol–water partition coefficient (Wildman–Crippen LogP) is 5.72. The molecule has 0 unspecified atom stereocenters. The van der Waals surface area contributed by atoms with Crippen molar-refractivity contribution in [1.29, 1.82) is 0 Å². The Morgan fingerprint density at radius 1 is 0.500 bits per heavy atom. The Morgan fingerprint density at radius 3 is 1.29 bits per heavy atom. The SMILES string of the molecule is O=C(O)c1c2cccc3ccc4c(C(=O)O)c5cccc6ccc1c(c65)c4c32. The molecule has 0 fully saturated rings. The third kappa shape index (κ3) is 1.61. The summed E-state index contributed by atoms with van der Waals surface area (Å²) in [5, 5.41) is 27.7. The van der Waals surface area contributed by atoms with E-state index < -0.39 is 11.9 Å². The van der Waals surface area contributed by atoms with Gasteiger partial charge in [-0.1, -0.05) is 60.7 Å². The molecular weight excluding hydrogens is 352 g/mol. The summed E-state index contributed by atoms with van der Waals surface area (Å²) in [4.78, 5) is 24.5. The maximum absolute atomic E-state index is 12.2. The van der Waals surface area contributed by atoms with Gasteiger partial charge in [-0.3, -0.25) is 0 Å². The second-order valence-corrected chi connectivity index (χ2v) is 7.14. The van der Waals surface area contributed by atoms with Crippen molar-refractivity contribution in [2.45, 2.75) is 0 Å². The first-order valence-corrected chi connectivity index (χ1v) is 8.91. The van der Waals surface area contributed by atoms with E-state index in [0.29, 0.717) is 21.5 Å². The van der Waals surface area contributed by atoms with Gasteiger partial charge in [0, 0.05) is 0 Å². The number of carbonyl (C=O) groups is 2. The van der Waals surface area contributed by atoms with Gasteiger partial charge in [-0.15, -0.1) is 0 Å². The number of hydrogen-bond donors (Lipinski definition) is 2. The molecule has 0 aliphatic rings. The van der Waals surface area contributed by atoms with E-state index in [9.17, 15) is 19.8 Å². The molecule has 0 aliphatic heterocycles. The van der Waals surface area contributed by atoms with E-state index in [1.165, 1.54) is 0 Å². The summed E-state index contributed by atoms with van der Waals surface area (Å²) in [6.45, 7) is 0. The van der Waals surface area contributed by atoms with E-state index in [1.54, 1.807) is 12.1 Å². The summed E-state index contributed by atoms with van der Waals surface area (Å²) in [7, 11) is 0. The van der Waals surface area contributed by atoms with Crippen molar-refractivity contribution in [1.82, 2.24) is 0 Å². The van der Waals surface area contributed by atoms with E-state index in [4.69, 9.17) is 0 Å². The minimum absolute atomic E-state index is 0.265. The second kappa shape index (κ2) is 4.87. The van der Waals surface area contributed by atoms with Crippen LogP contribution in [0, 0.1) is 0 Å². The minimum atomic E-state index is -0.982. The summed E-state index contributed by atoms with van der Waals surface area (Å²) < 4.78 is 0. The first-order chi connectivity index (χ1) is 13.6. The number of carboxylic acid groups (broad SMARTS) is 2. The second-order valence-electron chi connectivity index (χ2n) is 7.14. The third-order valence-electron chi connectivity index (χ3n) is 5.85. The minimum Gasteiger partial charge on any atom is -0.478 e. The normalized spacial score (nSPS) is 12.1.